The molecule has 2 aromatic heterocycles. The van der Waals surface area contributed by atoms with Crippen molar-refractivity contribution >= 4 is 22.8 Å². The molecule has 0 saturated heterocycles. The number of rotatable bonds is 5. The Hall–Kier alpha value is -3.16. The van der Waals surface area contributed by atoms with Crippen molar-refractivity contribution in [2.24, 2.45) is 0 Å². The Bertz CT molecular complexity index is 803. The molecule has 2 N–H and O–H groups in total. The highest BCUT2D eigenvalue weighted by Gasteiger charge is 2.16. The van der Waals surface area contributed by atoms with E-state index in [9.17, 15) is 14.9 Å². The number of amides is 1. The standard InChI is InChI=1S/C14H12N4O4/c19-14(11-5-6-13(22-11)18(20)21)15-8-7-12-16-9-3-1-2-4-10(9)17-12/h1-6H,7-8H2,(H,15,19)(H,16,17). The molecule has 0 aliphatic carbocycles. The zero-order chi connectivity index (χ0) is 15.5. The second kappa shape index (κ2) is 5.68. The Morgan fingerprint density at radius 2 is 2.14 bits per heavy atom. The summed E-state index contributed by atoms with van der Waals surface area (Å²) in [4.78, 5) is 29.1. The van der Waals surface area contributed by atoms with Crippen LogP contribution in [0.4, 0.5) is 5.88 Å². The average molecular weight is 300 g/mol. The quantitative estimate of drug-likeness (QED) is 0.552. The largest absolute Gasteiger partial charge is 0.433 e. The Morgan fingerprint density at radius 3 is 2.86 bits per heavy atom. The van der Waals surface area contributed by atoms with Crippen LogP contribution in [-0.2, 0) is 6.42 Å². The molecule has 8 heteroatoms. The minimum atomic E-state index is -0.689. The third-order valence-corrected chi connectivity index (χ3v) is 3.08. The highest BCUT2D eigenvalue weighted by Crippen LogP contribution is 2.15. The van der Waals surface area contributed by atoms with Gasteiger partial charge < -0.3 is 14.7 Å². The molecule has 112 valence electrons. The van der Waals surface area contributed by atoms with Crippen LogP contribution >= 0.6 is 0 Å². The van der Waals surface area contributed by atoms with Gasteiger partial charge in [0.05, 0.1) is 17.1 Å². The van der Waals surface area contributed by atoms with E-state index in [1.165, 1.54) is 6.07 Å². The molecule has 3 aromatic rings. The van der Waals surface area contributed by atoms with E-state index in [2.05, 4.69) is 15.3 Å². The molecule has 22 heavy (non-hydrogen) atoms. The van der Waals surface area contributed by atoms with Crippen molar-refractivity contribution in [2.45, 2.75) is 6.42 Å². The first-order valence-corrected chi connectivity index (χ1v) is 6.59. The van der Waals surface area contributed by atoms with Crippen molar-refractivity contribution in [3.63, 3.8) is 0 Å². The van der Waals surface area contributed by atoms with Gasteiger partial charge in [0.15, 0.2) is 5.76 Å². The van der Waals surface area contributed by atoms with Gasteiger partial charge in [-0.2, -0.15) is 0 Å². The number of hydrogen-bond acceptors (Lipinski definition) is 5. The van der Waals surface area contributed by atoms with Crippen LogP contribution in [0.5, 0.6) is 0 Å². The fourth-order valence-electron chi connectivity index (χ4n) is 2.05. The first-order chi connectivity index (χ1) is 10.6. The van der Waals surface area contributed by atoms with Gasteiger partial charge in [0.1, 0.15) is 10.7 Å². The van der Waals surface area contributed by atoms with Crippen LogP contribution < -0.4 is 5.32 Å². The lowest BCUT2D eigenvalue weighted by molar-refractivity contribution is -0.402. The molecule has 0 aliphatic rings. The molecule has 0 spiro atoms. The van der Waals surface area contributed by atoms with Crippen LogP contribution in [0.3, 0.4) is 0 Å². The number of nitrogens with zero attached hydrogens (tertiary/aromatic N) is 2. The van der Waals surface area contributed by atoms with Gasteiger partial charge in [-0.15, -0.1) is 0 Å². The predicted molar refractivity (Wildman–Crippen MR) is 77.5 cm³/mol. The lowest BCUT2D eigenvalue weighted by atomic mass is 10.3. The van der Waals surface area contributed by atoms with Gasteiger partial charge in [0.25, 0.3) is 5.91 Å². The maximum absolute atomic E-state index is 11.8. The van der Waals surface area contributed by atoms with E-state index in [-0.39, 0.29) is 5.76 Å². The van der Waals surface area contributed by atoms with Crippen LogP contribution in [0.25, 0.3) is 11.0 Å². The molecule has 0 unspecified atom stereocenters. The number of nitrogens with one attached hydrogen (secondary N) is 2. The van der Waals surface area contributed by atoms with Gasteiger partial charge in [-0.25, -0.2) is 4.98 Å². The number of benzene rings is 1. The smallest absolute Gasteiger partial charge is 0.395 e. The number of H-pyrrole nitrogens is 1. The molecule has 8 nitrogen and oxygen atoms in total. The molecule has 3 rings (SSSR count). The number of carbonyl (C=O) groups is 1. The van der Waals surface area contributed by atoms with Crippen molar-refractivity contribution in [2.75, 3.05) is 6.54 Å². The van der Waals surface area contributed by atoms with Crippen LogP contribution in [0, 0.1) is 10.1 Å². The molecule has 0 atom stereocenters. The third kappa shape index (κ3) is 2.80. The molecule has 0 saturated carbocycles. The third-order valence-electron chi connectivity index (χ3n) is 3.08. The van der Waals surface area contributed by atoms with Gasteiger partial charge in [0, 0.05) is 13.0 Å². The highest BCUT2D eigenvalue weighted by atomic mass is 16.6. The maximum atomic E-state index is 11.8. The molecule has 0 fully saturated rings. The number of hydrogen-bond donors (Lipinski definition) is 2. The minimum absolute atomic E-state index is 0.0868. The summed E-state index contributed by atoms with van der Waals surface area (Å²) in [5, 5.41) is 13.1. The van der Waals surface area contributed by atoms with E-state index >= 15 is 0 Å². The summed E-state index contributed by atoms with van der Waals surface area (Å²) in [7, 11) is 0. The zero-order valence-electron chi connectivity index (χ0n) is 11.4. The Morgan fingerprint density at radius 1 is 1.32 bits per heavy atom. The maximum Gasteiger partial charge on any atom is 0.433 e. The normalized spacial score (nSPS) is 10.7. The van der Waals surface area contributed by atoms with Gasteiger partial charge in [-0.1, -0.05) is 12.1 Å². The molecular weight excluding hydrogens is 288 g/mol. The summed E-state index contributed by atoms with van der Waals surface area (Å²) in [6.45, 7) is 0.340. The molecule has 2 heterocycles. The summed E-state index contributed by atoms with van der Waals surface area (Å²) in [6.07, 6.45) is 0.517. The van der Waals surface area contributed by atoms with Gasteiger partial charge in [-0.3, -0.25) is 14.9 Å². The monoisotopic (exact) mass is 300 g/mol. The van der Waals surface area contributed by atoms with E-state index < -0.39 is 16.7 Å². The number of furan rings is 1. The van der Waals surface area contributed by atoms with Gasteiger partial charge in [-0.05, 0) is 18.2 Å². The second-order valence-corrected chi connectivity index (χ2v) is 4.60. The van der Waals surface area contributed by atoms with Crippen LogP contribution in [0.15, 0.2) is 40.8 Å². The molecule has 0 radical (unpaired) electrons. The Kier molecular flexibility index (Phi) is 3.57. The van der Waals surface area contributed by atoms with Gasteiger partial charge in [0.2, 0.25) is 0 Å². The summed E-state index contributed by atoms with van der Waals surface area (Å²) < 4.78 is 4.82. The zero-order valence-corrected chi connectivity index (χ0v) is 11.4. The fourth-order valence-corrected chi connectivity index (χ4v) is 2.05. The van der Waals surface area contributed by atoms with E-state index in [0.717, 1.165) is 22.9 Å². The number of para-hydroxylation sites is 2. The lowest BCUT2D eigenvalue weighted by Crippen LogP contribution is -2.25. The highest BCUT2D eigenvalue weighted by molar-refractivity contribution is 5.91. The molecule has 0 bridgehead atoms. The number of imidazole rings is 1. The molecule has 1 aromatic carbocycles. The fraction of sp³-hybridized carbons (Fsp3) is 0.143. The number of aromatic nitrogens is 2. The summed E-state index contributed by atoms with van der Waals surface area (Å²) >= 11 is 0. The number of nitro groups is 1. The predicted octanol–water partition coefficient (Wildman–Crippen LogP) is 2.04. The van der Waals surface area contributed by atoms with Crippen molar-refractivity contribution in [3.8, 4) is 0 Å². The van der Waals surface area contributed by atoms with E-state index in [1.54, 1.807) is 0 Å². The first kappa shape index (κ1) is 13.8. The molecule has 0 aliphatic heterocycles. The van der Waals surface area contributed by atoms with Crippen molar-refractivity contribution in [1.29, 1.82) is 0 Å². The Balaban J connectivity index is 1.57. The Labute approximate surface area is 124 Å². The van der Waals surface area contributed by atoms with Gasteiger partial charge >= 0.3 is 5.88 Å². The summed E-state index contributed by atoms with van der Waals surface area (Å²) in [5.74, 6) is -0.283. The van der Waals surface area contributed by atoms with Crippen LogP contribution in [-0.4, -0.2) is 27.3 Å². The van der Waals surface area contributed by atoms with Crippen LogP contribution in [0.2, 0.25) is 0 Å². The number of aromatic amines is 1. The van der Waals surface area contributed by atoms with Crippen molar-refractivity contribution in [3.05, 3.63) is 58.1 Å². The number of fused-ring (bicyclic) bond motifs is 1. The first-order valence-electron chi connectivity index (χ1n) is 6.59. The SMILES string of the molecule is O=C(NCCc1nc2ccccc2[nH]1)c1ccc([N+](=O)[O-])o1. The number of carbonyl (C=O) groups excluding carboxylic acids is 1. The average Bonchev–Trinajstić information content (AvgIpc) is 3.13. The van der Waals surface area contributed by atoms with Crippen LogP contribution in [0.1, 0.15) is 16.4 Å². The summed E-state index contributed by atoms with van der Waals surface area (Å²) in [6, 6.07) is 10.1. The second-order valence-electron chi connectivity index (χ2n) is 4.60. The topological polar surface area (TPSA) is 114 Å². The minimum Gasteiger partial charge on any atom is -0.395 e. The summed E-state index contributed by atoms with van der Waals surface area (Å²) in [5.41, 5.74) is 1.80. The van der Waals surface area contributed by atoms with E-state index in [0.29, 0.717) is 13.0 Å². The molecule has 1 amide bonds. The molecular formula is C14H12N4O4. The van der Waals surface area contributed by atoms with E-state index in [1.807, 2.05) is 24.3 Å². The lowest BCUT2D eigenvalue weighted by Gasteiger charge is -2.00. The van der Waals surface area contributed by atoms with Crippen molar-refractivity contribution in [1.82, 2.24) is 15.3 Å². The van der Waals surface area contributed by atoms with Crippen molar-refractivity contribution < 1.29 is 14.1 Å². The van der Waals surface area contributed by atoms with E-state index in [4.69, 9.17) is 4.42 Å².